The highest BCUT2D eigenvalue weighted by Crippen LogP contribution is 2.26. The molecule has 5 heteroatoms. The lowest BCUT2D eigenvalue weighted by Crippen LogP contribution is -2.43. The van der Waals surface area contributed by atoms with E-state index >= 15 is 0 Å². The summed E-state index contributed by atoms with van der Waals surface area (Å²) in [4.78, 5) is 22.8. The van der Waals surface area contributed by atoms with E-state index in [2.05, 4.69) is 17.6 Å². The lowest BCUT2D eigenvalue weighted by molar-refractivity contribution is 0.0697. The summed E-state index contributed by atoms with van der Waals surface area (Å²) in [6, 6.07) is 6.17. The van der Waals surface area contributed by atoms with Crippen LogP contribution in [0, 0.1) is 5.92 Å². The fraction of sp³-hybridized carbons (Fsp3) is 0.500. The van der Waals surface area contributed by atoms with Crippen LogP contribution in [-0.4, -0.2) is 23.1 Å². The first kappa shape index (κ1) is 15.4. The van der Waals surface area contributed by atoms with E-state index in [0.717, 1.165) is 19.3 Å². The smallest absolute Gasteiger partial charge is 0.335 e. The van der Waals surface area contributed by atoms with Crippen LogP contribution in [0.3, 0.4) is 0 Å². The molecule has 114 valence electrons. The first-order valence-corrected chi connectivity index (χ1v) is 7.51. The Bertz CT molecular complexity index is 499. The van der Waals surface area contributed by atoms with E-state index in [9.17, 15) is 9.59 Å². The summed E-state index contributed by atoms with van der Waals surface area (Å²) in [6.45, 7) is 2.16. The second-order valence-corrected chi connectivity index (χ2v) is 5.54. The molecule has 0 aromatic heterocycles. The predicted molar refractivity (Wildman–Crippen MR) is 81.6 cm³/mol. The normalized spacial score (nSPS) is 21.6. The van der Waals surface area contributed by atoms with Crippen LogP contribution in [0.15, 0.2) is 24.3 Å². The van der Waals surface area contributed by atoms with Crippen molar-refractivity contribution in [3.05, 3.63) is 29.8 Å². The van der Waals surface area contributed by atoms with E-state index in [4.69, 9.17) is 5.11 Å². The van der Waals surface area contributed by atoms with Crippen LogP contribution >= 0.6 is 0 Å². The molecule has 0 aliphatic heterocycles. The molecule has 0 heterocycles. The molecular weight excluding hydrogens is 268 g/mol. The maximum Gasteiger partial charge on any atom is 0.335 e. The number of rotatable bonds is 4. The maximum absolute atomic E-state index is 12.0. The maximum atomic E-state index is 12.0. The van der Waals surface area contributed by atoms with Crippen molar-refractivity contribution in [1.29, 1.82) is 0 Å². The van der Waals surface area contributed by atoms with Crippen LogP contribution in [0.5, 0.6) is 0 Å². The van der Waals surface area contributed by atoms with Crippen molar-refractivity contribution in [2.24, 2.45) is 5.92 Å². The highest BCUT2D eigenvalue weighted by atomic mass is 16.4. The van der Waals surface area contributed by atoms with Crippen molar-refractivity contribution < 1.29 is 14.7 Å². The molecule has 0 bridgehead atoms. The van der Waals surface area contributed by atoms with Crippen LogP contribution < -0.4 is 10.6 Å². The number of hydrogen-bond donors (Lipinski definition) is 3. The Labute approximate surface area is 124 Å². The predicted octanol–water partition coefficient (Wildman–Crippen LogP) is 3.48. The number of carboxylic acid groups (broad SMARTS) is 1. The summed E-state index contributed by atoms with van der Waals surface area (Å²) >= 11 is 0. The van der Waals surface area contributed by atoms with E-state index in [1.165, 1.54) is 25.0 Å². The van der Waals surface area contributed by atoms with Crippen molar-refractivity contribution in [2.45, 2.75) is 45.1 Å². The molecule has 1 aromatic rings. The molecule has 1 aliphatic carbocycles. The van der Waals surface area contributed by atoms with Crippen molar-refractivity contribution in [3.63, 3.8) is 0 Å². The Kier molecular flexibility index (Phi) is 5.20. The summed E-state index contributed by atoms with van der Waals surface area (Å²) in [5.74, 6) is -0.419. The van der Waals surface area contributed by atoms with Crippen LogP contribution in [0.25, 0.3) is 0 Å². The van der Waals surface area contributed by atoms with Crippen LogP contribution in [0.4, 0.5) is 10.5 Å². The van der Waals surface area contributed by atoms with Crippen molar-refractivity contribution in [2.75, 3.05) is 5.32 Å². The number of nitrogens with one attached hydrogen (secondary N) is 2. The van der Waals surface area contributed by atoms with E-state index in [0.29, 0.717) is 11.6 Å². The number of amides is 2. The molecule has 2 rings (SSSR count). The monoisotopic (exact) mass is 290 g/mol. The topological polar surface area (TPSA) is 78.4 Å². The zero-order chi connectivity index (χ0) is 15.2. The van der Waals surface area contributed by atoms with Gasteiger partial charge < -0.3 is 15.7 Å². The lowest BCUT2D eigenvalue weighted by atomic mass is 9.83. The van der Waals surface area contributed by atoms with Gasteiger partial charge in [0, 0.05) is 11.7 Å². The van der Waals surface area contributed by atoms with Gasteiger partial charge in [0.25, 0.3) is 0 Å². The van der Waals surface area contributed by atoms with Gasteiger partial charge in [-0.05, 0) is 43.0 Å². The fourth-order valence-corrected chi connectivity index (χ4v) is 2.92. The van der Waals surface area contributed by atoms with Crippen LogP contribution in [0.1, 0.15) is 49.4 Å². The molecule has 1 fully saturated rings. The highest BCUT2D eigenvalue weighted by molar-refractivity contribution is 5.91. The molecule has 2 unspecified atom stereocenters. The minimum atomic E-state index is -0.973. The van der Waals surface area contributed by atoms with Gasteiger partial charge in [-0.3, -0.25) is 0 Å². The molecule has 21 heavy (non-hydrogen) atoms. The third-order valence-corrected chi connectivity index (χ3v) is 4.14. The first-order valence-electron chi connectivity index (χ1n) is 7.51. The number of carboxylic acids is 1. The van der Waals surface area contributed by atoms with Crippen molar-refractivity contribution >= 4 is 17.7 Å². The largest absolute Gasteiger partial charge is 0.478 e. The van der Waals surface area contributed by atoms with Crippen molar-refractivity contribution in [3.8, 4) is 0 Å². The molecule has 5 nitrogen and oxygen atoms in total. The summed E-state index contributed by atoms with van der Waals surface area (Å²) < 4.78 is 0. The molecule has 1 aromatic carbocycles. The van der Waals surface area contributed by atoms with Gasteiger partial charge in [0.2, 0.25) is 0 Å². The SMILES string of the molecule is CCC1CCCCC1NC(=O)Nc1ccc(C(=O)O)cc1. The number of benzene rings is 1. The standard InChI is InChI=1S/C16H22N2O3/c1-2-11-5-3-4-6-14(11)18-16(21)17-13-9-7-12(8-10-13)15(19)20/h7-11,14H,2-6H2,1H3,(H,19,20)(H2,17,18,21). The molecule has 2 amide bonds. The van der Waals surface area contributed by atoms with E-state index in [-0.39, 0.29) is 17.6 Å². The molecule has 0 radical (unpaired) electrons. The number of aromatic carboxylic acids is 1. The molecule has 1 aliphatic rings. The van der Waals surface area contributed by atoms with Gasteiger partial charge in [0.05, 0.1) is 5.56 Å². The van der Waals surface area contributed by atoms with Gasteiger partial charge in [-0.2, -0.15) is 0 Å². The fourth-order valence-electron chi connectivity index (χ4n) is 2.92. The minimum absolute atomic E-state index is 0.208. The van der Waals surface area contributed by atoms with Gasteiger partial charge in [-0.15, -0.1) is 0 Å². The third-order valence-electron chi connectivity index (χ3n) is 4.14. The van der Waals surface area contributed by atoms with E-state index < -0.39 is 5.97 Å². The van der Waals surface area contributed by atoms with E-state index in [1.54, 1.807) is 12.1 Å². The minimum Gasteiger partial charge on any atom is -0.478 e. The molecule has 3 N–H and O–H groups in total. The van der Waals surface area contributed by atoms with Gasteiger partial charge in [0.1, 0.15) is 0 Å². The number of carbonyl (C=O) groups excluding carboxylic acids is 1. The number of carbonyl (C=O) groups is 2. The number of anilines is 1. The second kappa shape index (κ2) is 7.11. The van der Waals surface area contributed by atoms with Crippen LogP contribution in [0.2, 0.25) is 0 Å². The summed E-state index contributed by atoms with van der Waals surface area (Å²) in [6.07, 6.45) is 5.70. The molecule has 1 saturated carbocycles. The quantitative estimate of drug-likeness (QED) is 0.794. The Balaban J connectivity index is 1.90. The number of hydrogen-bond acceptors (Lipinski definition) is 2. The highest BCUT2D eigenvalue weighted by Gasteiger charge is 2.24. The second-order valence-electron chi connectivity index (χ2n) is 5.54. The molecule has 0 spiro atoms. The lowest BCUT2D eigenvalue weighted by Gasteiger charge is -2.31. The average molecular weight is 290 g/mol. The van der Waals surface area contributed by atoms with Crippen molar-refractivity contribution in [1.82, 2.24) is 5.32 Å². The molecular formula is C16H22N2O3. The Morgan fingerprint density at radius 2 is 1.86 bits per heavy atom. The Hall–Kier alpha value is -2.04. The average Bonchev–Trinajstić information content (AvgIpc) is 2.48. The Morgan fingerprint density at radius 1 is 1.19 bits per heavy atom. The van der Waals surface area contributed by atoms with Gasteiger partial charge in [-0.25, -0.2) is 9.59 Å². The summed E-state index contributed by atoms with van der Waals surface area (Å²) in [5, 5.41) is 14.6. The zero-order valence-corrected chi connectivity index (χ0v) is 12.3. The van der Waals surface area contributed by atoms with E-state index in [1.807, 2.05) is 0 Å². The van der Waals surface area contributed by atoms with Gasteiger partial charge in [0.15, 0.2) is 0 Å². The summed E-state index contributed by atoms with van der Waals surface area (Å²) in [5.41, 5.74) is 0.806. The van der Waals surface area contributed by atoms with Gasteiger partial charge in [-0.1, -0.05) is 26.2 Å². The molecule has 0 saturated heterocycles. The number of urea groups is 1. The third kappa shape index (κ3) is 4.21. The first-order chi connectivity index (χ1) is 10.1. The molecule has 2 atom stereocenters. The summed E-state index contributed by atoms with van der Waals surface area (Å²) in [7, 11) is 0. The van der Waals surface area contributed by atoms with Gasteiger partial charge >= 0.3 is 12.0 Å². The zero-order valence-electron chi connectivity index (χ0n) is 12.3. The van der Waals surface area contributed by atoms with Crippen LogP contribution in [-0.2, 0) is 0 Å². The Morgan fingerprint density at radius 3 is 2.48 bits per heavy atom.